The summed E-state index contributed by atoms with van der Waals surface area (Å²) in [6, 6.07) is -0.545. The van der Waals surface area contributed by atoms with Gasteiger partial charge in [0.25, 0.3) is 0 Å². The van der Waals surface area contributed by atoms with Crippen molar-refractivity contribution in [1.29, 1.82) is 0 Å². The predicted octanol–water partition coefficient (Wildman–Crippen LogP) is 20.0. The van der Waals surface area contributed by atoms with Crippen LogP contribution in [0.4, 0.5) is 0 Å². The van der Waals surface area contributed by atoms with E-state index in [0.717, 1.165) is 44.9 Å². The number of carbonyl (C=O) groups excluding carboxylic acids is 2. The fourth-order valence-electron chi connectivity index (χ4n) is 10.2. The van der Waals surface area contributed by atoms with Crippen LogP contribution in [0.3, 0.4) is 0 Å². The van der Waals surface area contributed by atoms with Gasteiger partial charge >= 0.3 is 5.97 Å². The molecule has 0 rings (SSSR count). The van der Waals surface area contributed by atoms with Crippen LogP contribution in [-0.2, 0) is 14.3 Å². The Bertz CT molecular complexity index is 1050. The van der Waals surface area contributed by atoms with Gasteiger partial charge in [0.2, 0.25) is 5.91 Å². The first-order valence-electron chi connectivity index (χ1n) is 31.9. The minimum Gasteiger partial charge on any atom is -0.466 e. The van der Waals surface area contributed by atoms with Gasteiger partial charge < -0.3 is 20.3 Å². The number of allylic oxidation sites excluding steroid dienone is 2. The second-order valence-corrected chi connectivity index (χ2v) is 22.1. The Balaban J connectivity index is 3.39. The highest BCUT2D eigenvalue weighted by atomic mass is 16.5. The van der Waals surface area contributed by atoms with E-state index in [1.165, 1.54) is 283 Å². The second-order valence-electron chi connectivity index (χ2n) is 22.1. The summed E-state index contributed by atoms with van der Waals surface area (Å²) in [6.45, 7) is 4.97. The van der Waals surface area contributed by atoms with Gasteiger partial charge in [-0.25, -0.2) is 0 Å². The van der Waals surface area contributed by atoms with Gasteiger partial charge in [0.1, 0.15) is 0 Å². The summed E-state index contributed by atoms with van der Waals surface area (Å²) in [4.78, 5) is 24.6. The van der Waals surface area contributed by atoms with E-state index in [2.05, 4.69) is 31.3 Å². The number of nitrogens with one attached hydrogen (secondary N) is 1. The van der Waals surface area contributed by atoms with Gasteiger partial charge in [0.05, 0.1) is 25.4 Å². The third-order valence-corrected chi connectivity index (χ3v) is 15.1. The lowest BCUT2D eigenvalue weighted by atomic mass is 10.0. The van der Waals surface area contributed by atoms with Crippen LogP contribution in [-0.4, -0.2) is 47.4 Å². The molecule has 3 N–H and O–H groups in total. The summed E-state index contributed by atoms with van der Waals surface area (Å²) in [5.41, 5.74) is 0. The highest BCUT2D eigenvalue weighted by molar-refractivity contribution is 5.76. The SMILES string of the molecule is CCCCCCCC/C=C\CCCCCCCCCCCC(=O)OCCCCCCCCCCCCCCCCCCCC(=O)NC(CO)C(O)CCCCCCCCCCCCCCCCCCC. The molecule has 0 aromatic carbocycles. The molecule has 0 bridgehead atoms. The third kappa shape index (κ3) is 55.9. The largest absolute Gasteiger partial charge is 0.466 e. The van der Waals surface area contributed by atoms with Crippen molar-refractivity contribution in [2.75, 3.05) is 13.2 Å². The van der Waals surface area contributed by atoms with Crippen molar-refractivity contribution in [2.24, 2.45) is 0 Å². The highest BCUT2D eigenvalue weighted by Crippen LogP contribution is 2.18. The summed E-state index contributed by atoms with van der Waals surface area (Å²) in [5.74, 6) is -0.0309. The Kier molecular flexibility index (Phi) is 59.0. The average molecular weight is 989 g/mol. The van der Waals surface area contributed by atoms with Gasteiger partial charge in [0, 0.05) is 12.8 Å². The topological polar surface area (TPSA) is 95.9 Å². The van der Waals surface area contributed by atoms with E-state index in [1.54, 1.807) is 0 Å². The molecule has 0 aromatic heterocycles. The van der Waals surface area contributed by atoms with E-state index < -0.39 is 12.1 Å². The van der Waals surface area contributed by atoms with E-state index >= 15 is 0 Å². The van der Waals surface area contributed by atoms with E-state index in [0.29, 0.717) is 25.9 Å². The fraction of sp³-hybridized carbons (Fsp3) is 0.938. The van der Waals surface area contributed by atoms with Crippen molar-refractivity contribution in [3.8, 4) is 0 Å². The number of unbranched alkanes of at least 4 members (excludes halogenated alkanes) is 47. The number of rotatable bonds is 60. The standard InChI is InChI=1S/C64H125NO5/c1-3-5-7-9-11-13-15-17-19-21-22-26-30-34-38-42-46-50-54-58-64(69)70-59-55-51-47-43-39-35-31-27-23-25-29-33-37-41-45-49-53-57-63(68)65-61(60-66)62(67)56-52-48-44-40-36-32-28-24-20-18-16-14-12-10-8-6-4-2/h17,19,61-62,66-67H,3-16,18,20-60H2,1-2H3,(H,65,68)/b19-17-. The van der Waals surface area contributed by atoms with E-state index in [4.69, 9.17) is 4.74 Å². The number of ether oxygens (including phenoxy) is 1. The number of aliphatic hydroxyl groups is 2. The number of aliphatic hydroxyl groups excluding tert-OH is 2. The number of hydrogen-bond acceptors (Lipinski definition) is 5. The zero-order valence-corrected chi connectivity index (χ0v) is 47.5. The van der Waals surface area contributed by atoms with Gasteiger partial charge in [-0.2, -0.15) is 0 Å². The van der Waals surface area contributed by atoms with Crippen LogP contribution in [0.15, 0.2) is 12.2 Å². The fourth-order valence-corrected chi connectivity index (χ4v) is 10.2. The molecule has 0 aliphatic heterocycles. The molecule has 0 fully saturated rings. The Morgan fingerprint density at radius 2 is 0.671 bits per heavy atom. The molecule has 6 heteroatoms. The van der Waals surface area contributed by atoms with Crippen molar-refractivity contribution < 1.29 is 24.5 Å². The number of carbonyl (C=O) groups is 2. The molecule has 0 radical (unpaired) electrons. The minimum atomic E-state index is -0.668. The molecule has 2 unspecified atom stereocenters. The smallest absolute Gasteiger partial charge is 0.305 e. The molecular formula is C64H125NO5. The van der Waals surface area contributed by atoms with Crippen molar-refractivity contribution >= 4 is 11.9 Å². The maximum absolute atomic E-state index is 12.5. The van der Waals surface area contributed by atoms with Gasteiger partial charge in [-0.1, -0.05) is 309 Å². The first-order chi connectivity index (χ1) is 34.5. The maximum Gasteiger partial charge on any atom is 0.305 e. The molecule has 416 valence electrons. The zero-order chi connectivity index (χ0) is 50.7. The van der Waals surface area contributed by atoms with Crippen molar-refractivity contribution in [2.45, 2.75) is 373 Å². The Labute approximate surface area is 438 Å². The summed E-state index contributed by atoms with van der Waals surface area (Å²) in [7, 11) is 0. The van der Waals surface area contributed by atoms with Crippen LogP contribution < -0.4 is 5.32 Å². The molecule has 0 aliphatic rings. The molecule has 70 heavy (non-hydrogen) atoms. The maximum atomic E-state index is 12.5. The van der Waals surface area contributed by atoms with Crippen molar-refractivity contribution in [1.82, 2.24) is 5.32 Å². The summed E-state index contributed by atoms with van der Waals surface area (Å²) in [5, 5.41) is 23.3. The zero-order valence-electron chi connectivity index (χ0n) is 47.5. The number of hydrogen-bond donors (Lipinski definition) is 3. The van der Waals surface area contributed by atoms with E-state index in [-0.39, 0.29) is 18.5 Å². The molecule has 2 atom stereocenters. The highest BCUT2D eigenvalue weighted by Gasteiger charge is 2.20. The summed E-state index contributed by atoms with van der Waals surface area (Å²) >= 11 is 0. The van der Waals surface area contributed by atoms with Gasteiger partial charge in [-0.15, -0.1) is 0 Å². The lowest BCUT2D eigenvalue weighted by Gasteiger charge is -2.22. The van der Waals surface area contributed by atoms with Gasteiger partial charge in [0.15, 0.2) is 0 Å². The first-order valence-corrected chi connectivity index (χ1v) is 31.9. The van der Waals surface area contributed by atoms with Crippen LogP contribution in [0.25, 0.3) is 0 Å². The predicted molar refractivity (Wildman–Crippen MR) is 306 cm³/mol. The molecular weight excluding hydrogens is 863 g/mol. The molecule has 6 nitrogen and oxygen atoms in total. The number of amides is 1. The van der Waals surface area contributed by atoms with Crippen LogP contribution in [0.1, 0.15) is 361 Å². The first kappa shape index (κ1) is 68.6. The van der Waals surface area contributed by atoms with Crippen LogP contribution in [0.5, 0.6) is 0 Å². The second kappa shape index (κ2) is 60.2. The molecule has 0 spiro atoms. The number of esters is 1. The van der Waals surface area contributed by atoms with Crippen LogP contribution in [0, 0.1) is 0 Å². The normalized spacial score (nSPS) is 12.6. The Morgan fingerprint density at radius 3 is 1.01 bits per heavy atom. The quantitative estimate of drug-likeness (QED) is 0.0321. The van der Waals surface area contributed by atoms with Crippen LogP contribution in [0.2, 0.25) is 0 Å². The molecule has 0 aliphatic carbocycles. The lowest BCUT2D eigenvalue weighted by Crippen LogP contribution is -2.45. The Hall–Kier alpha value is -1.40. The lowest BCUT2D eigenvalue weighted by molar-refractivity contribution is -0.143. The van der Waals surface area contributed by atoms with Crippen molar-refractivity contribution in [3.63, 3.8) is 0 Å². The van der Waals surface area contributed by atoms with E-state index in [1.807, 2.05) is 0 Å². The molecule has 0 heterocycles. The van der Waals surface area contributed by atoms with Crippen molar-refractivity contribution in [3.05, 3.63) is 12.2 Å². The molecule has 1 amide bonds. The average Bonchev–Trinajstić information content (AvgIpc) is 3.36. The van der Waals surface area contributed by atoms with Crippen LogP contribution >= 0.6 is 0 Å². The Morgan fingerprint density at radius 1 is 0.386 bits per heavy atom. The summed E-state index contributed by atoms with van der Waals surface area (Å²) in [6.07, 6.45) is 72.2. The molecule has 0 aromatic rings. The molecule has 0 saturated heterocycles. The molecule has 0 saturated carbocycles. The van der Waals surface area contributed by atoms with E-state index in [9.17, 15) is 19.8 Å². The minimum absolute atomic E-state index is 0.00604. The summed E-state index contributed by atoms with van der Waals surface area (Å²) < 4.78 is 5.50. The third-order valence-electron chi connectivity index (χ3n) is 15.1. The van der Waals surface area contributed by atoms with Gasteiger partial charge in [-0.3, -0.25) is 9.59 Å². The van der Waals surface area contributed by atoms with Gasteiger partial charge in [-0.05, 0) is 51.4 Å². The monoisotopic (exact) mass is 988 g/mol.